The van der Waals surface area contributed by atoms with Crippen LogP contribution < -0.4 is 19.7 Å². The van der Waals surface area contributed by atoms with E-state index in [0.717, 1.165) is 33.2 Å². The van der Waals surface area contributed by atoms with E-state index in [2.05, 4.69) is 179 Å². The van der Waals surface area contributed by atoms with E-state index >= 15 is 0 Å². The average Bonchev–Trinajstić information content (AvgIpc) is 3.87. The molecule has 2 aromatic heterocycles. The second-order valence-electron chi connectivity index (χ2n) is 11.2. The highest BCUT2D eigenvalue weighted by atomic mass is 31.2. The first-order valence-corrected chi connectivity index (χ1v) is 18.1. The SMILES string of the molecule is c1ccc(P(Oc2ccc3ccccc3c2Cc2c(OP(c3ccccc3)n3cccc3)ccc3ccccc23)n2cccc2)cc1. The summed E-state index contributed by atoms with van der Waals surface area (Å²) in [5.74, 6) is 1.75. The minimum atomic E-state index is -1.16. The van der Waals surface area contributed by atoms with Crippen molar-refractivity contribution in [3.05, 3.63) is 194 Å². The van der Waals surface area contributed by atoms with Crippen molar-refractivity contribution in [2.75, 3.05) is 0 Å². The molecule has 6 heteroatoms. The Morgan fingerprint density at radius 2 is 0.766 bits per heavy atom. The molecule has 8 rings (SSSR count). The Hall–Kier alpha value is -5.14. The predicted molar refractivity (Wildman–Crippen MR) is 198 cm³/mol. The summed E-state index contributed by atoms with van der Waals surface area (Å²) in [5, 5.41) is 7.01. The molecule has 0 fully saturated rings. The van der Waals surface area contributed by atoms with Crippen LogP contribution >= 0.6 is 16.6 Å². The van der Waals surface area contributed by atoms with E-state index in [-0.39, 0.29) is 0 Å². The number of benzene rings is 6. The smallest absolute Gasteiger partial charge is 0.229 e. The summed E-state index contributed by atoms with van der Waals surface area (Å²) in [7, 11) is -2.32. The molecule has 0 radical (unpaired) electrons. The van der Waals surface area contributed by atoms with Crippen molar-refractivity contribution in [2.24, 2.45) is 0 Å². The van der Waals surface area contributed by atoms with Gasteiger partial charge in [-0.15, -0.1) is 0 Å². The molecule has 2 unspecified atom stereocenters. The highest BCUT2D eigenvalue weighted by Gasteiger charge is 2.23. The van der Waals surface area contributed by atoms with Gasteiger partial charge < -0.3 is 9.05 Å². The van der Waals surface area contributed by atoms with Crippen molar-refractivity contribution in [2.45, 2.75) is 6.42 Å². The van der Waals surface area contributed by atoms with Crippen LogP contribution in [-0.4, -0.2) is 8.68 Å². The van der Waals surface area contributed by atoms with Crippen LogP contribution in [0.1, 0.15) is 11.1 Å². The van der Waals surface area contributed by atoms with E-state index in [9.17, 15) is 0 Å². The van der Waals surface area contributed by atoms with E-state index < -0.39 is 16.6 Å². The fraction of sp³-hybridized carbons (Fsp3) is 0.0244. The van der Waals surface area contributed by atoms with Gasteiger partial charge in [0, 0.05) is 52.9 Å². The molecule has 0 bridgehead atoms. The molecule has 0 aliphatic carbocycles. The standard InChI is InChI=1S/C41H32N2O2P2/c1-3-17-34(18-4-1)46(42-27-11-12-28-42)44-40-25-23-32-15-7-9-21-36(32)38(40)31-39-37-22-10-8-16-33(37)24-26-41(39)45-47(43-29-13-14-30-43)35-19-5-2-6-20-35/h1-30H,31H2. The first kappa shape index (κ1) is 29.3. The van der Waals surface area contributed by atoms with Gasteiger partial charge in [-0.05, 0) is 82.2 Å². The minimum Gasteiger partial charge on any atom is -0.448 e. The fourth-order valence-electron chi connectivity index (χ4n) is 6.00. The lowest BCUT2D eigenvalue weighted by atomic mass is 9.93. The average molecular weight is 647 g/mol. The topological polar surface area (TPSA) is 28.3 Å². The molecule has 0 N–H and O–H groups in total. The molecule has 0 aliphatic rings. The summed E-state index contributed by atoms with van der Waals surface area (Å²) in [6.07, 6.45) is 8.99. The molecule has 0 aliphatic heterocycles. The Balaban J connectivity index is 1.28. The van der Waals surface area contributed by atoms with E-state index in [1.807, 2.05) is 12.1 Å². The Kier molecular flexibility index (Phi) is 8.29. The summed E-state index contributed by atoms with van der Waals surface area (Å²) in [6.45, 7) is 0. The molecule has 2 heterocycles. The third-order valence-electron chi connectivity index (χ3n) is 8.27. The van der Waals surface area contributed by atoms with Gasteiger partial charge in [0.2, 0.25) is 16.6 Å². The molecule has 228 valence electrons. The second kappa shape index (κ2) is 13.3. The maximum Gasteiger partial charge on any atom is 0.229 e. The molecule has 4 nitrogen and oxygen atoms in total. The monoisotopic (exact) mass is 646 g/mol. The first-order chi connectivity index (χ1) is 23.3. The number of aromatic nitrogens is 2. The molecular weight excluding hydrogens is 614 g/mol. The molecule has 6 aromatic carbocycles. The number of nitrogens with zero attached hydrogens (tertiary/aromatic N) is 2. The van der Waals surface area contributed by atoms with Crippen molar-refractivity contribution < 1.29 is 9.05 Å². The van der Waals surface area contributed by atoms with Crippen molar-refractivity contribution in [1.29, 1.82) is 0 Å². The third-order valence-corrected chi connectivity index (χ3v) is 11.9. The lowest BCUT2D eigenvalue weighted by Crippen LogP contribution is -2.12. The van der Waals surface area contributed by atoms with Crippen LogP contribution in [0.3, 0.4) is 0 Å². The molecule has 0 spiro atoms. The van der Waals surface area contributed by atoms with Gasteiger partial charge in [-0.25, -0.2) is 0 Å². The van der Waals surface area contributed by atoms with Crippen LogP contribution in [0.4, 0.5) is 0 Å². The summed E-state index contributed by atoms with van der Waals surface area (Å²) in [6, 6.07) is 55.0. The van der Waals surface area contributed by atoms with Crippen molar-refractivity contribution in [3.63, 3.8) is 0 Å². The predicted octanol–water partition coefficient (Wildman–Crippen LogP) is 10.3. The van der Waals surface area contributed by atoms with Crippen molar-refractivity contribution in [1.82, 2.24) is 8.68 Å². The maximum absolute atomic E-state index is 7.10. The van der Waals surface area contributed by atoms with Crippen molar-refractivity contribution >= 4 is 48.8 Å². The molecule has 0 saturated heterocycles. The van der Waals surface area contributed by atoms with E-state index in [1.165, 1.54) is 21.5 Å². The van der Waals surface area contributed by atoms with Gasteiger partial charge in [-0.2, -0.15) is 0 Å². The van der Waals surface area contributed by atoms with Gasteiger partial charge in [-0.3, -0.25) is 8.68 Å². The van der Waals surface area contributed by atoms with Gasteiger partial charge >= 0.3 is 0 Å². The zero-order chi connectivity index (χ0) is 31.4. The van der Waals surface area contributed by atoms with Gasteiger partial charge in [0.15, 0.2) is 0 Å². The van der Waals surface area contributed by atoms with E-state index in [1.54, 1.807) is 0 Å². The van der Waals surface area contributed by atoms with Crippen LogP contribution in [-0.2, 0) is 6.42 Å². The quantitative estimate of drug-likeness (QED) is 0.138. The number of hydrogen-bond donors (Lipinski definition) is 0. The van der Waals surface area contributed by atoms with Crippen LogP contribution in [0.2, 0.25) is 0 Å². The molecule has 0 amide bonds. The van der Waals surface area contributed by atoms with E-state index in [4.69, 9.17) is 9.05 Å². The fourth-order valence-corrected chi connectivity index (χ4v) is 9.30. The Morgan fingerprint density at radius 1 is 0.383 bits per heavy atom. The van der Waals surface area contributed by atoms with Gasteiger partial charge in [-0.1, -0.05) is 97.1 Å². The second-order valence-corrected chi connectivity index (χ2v) is 14.6. The maximum atomic E-state index is 7.10. The van der Waals surface area contributed by atoms with Crippen LogP contribution in [0.5, 0.6) is 11.5 Å². The number of rotatable bonds is 10. The van der Waals surface area contributed by atoms with Gasteiger partial charge in [0.05, 0.1) is 0 Å². The minimum absolute atomic E-state index is 0.640. The Morgan fingerprint density at radius 3 is 1.19 bits per heavy atom. The lowest BCUT2D eigenvalue weighted by molar-refractivity contribution is 0.598. The zero-order valence-corrected chi connectivity index (χ0v) is 27.4. The Labute approximate surface area is 277 Å². The molecular formula is C41H32N2O2P2. The number of fused-ring (bicyclic) bond motifs is 2. The zero-order valence-electron chi connectivity index (χ0n) is 25.6. The molecule has 0 saturated carbocycles. The normalized spacial score (nSPS) is 12.6. The summed E-state index contributed by atoms with van der Waals surface area (Å²) < 4.78 is 18.6. The Bertz CT molecular complexity index is 2070. The first-order valence-electron chi connectivity index (χ1n) is 15.7. The van der Waals surface area contributed by atoms with Gasteiger partial charge in [0.1, 0.15) is 11.5 Å². The molecule has 47 heavy (non-hydrogen) atoms. The third kappa shape index (κ3) is 6.07. The van der Waals surface area contributed by atoms with E-state index in [0.29, 0.717) is 6.42 Å². The van der Waals surface area contributed by atoms with Crippen LogP contribution in [0.15, 0.2) is 183 Å². The molecule has 2 atom stereocenters. The van der Waals surface area contributed by atoms with Crippen LogP contribution in [0, 0.1) is 0 Å². The highest BCUT2D eigenvalue weighted by Crippen LogP contribution is 2.46. The largest absolute Gasteiger partial charge is 0.448 e. The van der Waals surface area contributed by atoms with Crippen molar-refractivity contribution in [3.8, 4) is 11.5 Å². The van der Waals surface area contributed by atoms with Crippen LogP contribution in [0.25, 0.3) is 21.5 Å². The molecule has 8 aromatic rings. The lowest BCUT2D eigenvalue weighted by Gasteiger charge is -2.24. The highest BCUT2D eigenvalue weighted by molar-refractivity contribution is 7.60. The summed E-state index contributed by atoms with van der Waals surface area (Å²) >= 11 is 0. The summed E-state index contributed by atoms with van der Waals surface area (Å²) in [5.41, 5.74) is 2.29. The number of hydrogen-bond acceptors (Lipinski definition) is 2. The van der Waals surface area contributed by atoms with Gasteiger partial charge in [0.25, 0.3) is 0 Å². The summed E-state index contributed by atoms with van der Waals surface area (Å²) in [4.78, 5) is 0.